The van der Waals surface area contributed by atoms with Gasteiger partial charge in [0.15, 0.2) is 0 Å². The van der Waals surface area contributed by atoms with Crippen LogP contribution in [0.1, 0.15) is 11.4 Å². The lowest BCUT2D eigenvalue weighted by atomic mass is 10.2. The van der Waals surface area contributed by atoms with Crippen LogP contribution in [0.5, 0.6) is 0 Å². The number of hydrogen-bond donors (Lipinski definition) is 1. The van der Waals surface area contributed by atoms with Gasteiger partial charge in [-0.3, -0.25) is 0 Å². The first-order valence-corrected chi connectivity index (χ1v) is 7.23. The van der Waals surface area contributed by atoms with Crippen molar-refractivity contribution >= 4 is 32.7 Å². The highest BCUT2D eigenvalue weighted by Gasteiger charge is 2.06. The standard InChI is InChI=1S/C16H14BrN3/c1-11-19-15-8-7-13(17)9-14(15)16(20-11)18-10-12-5-3-2-4-6-12/h2-9H,10H2,1H3,(H,18,19,20). The van der Waals surface area contributed by atoms with Gasteiger partial charge in [-0.05, 0) is 30.7 Å². The molecule has 0 aliphatic rings. The second-order valence-electron chi connectivity index (χ2n) is 4.62. The van der Waals surface area contributed by atoms with E-state index in [2.05, 4.69) is 43.3 Å². The number of fused-ring (bicyclic) bond motifs is 1. The molecule has 1 N–H and O–H groups in total. The second-order valence-corrected chi connectivity index (χ2v) is 5.54. The van der Waals surface area contributed by atoms with Crippen LogP contribution < -0.4 is 5.32 Å². The molecule has 0 aliphatic heterocycles. The molecule has 1 heterocycles. The van der Waals surface area contributed by atoms with E-state index in [1.165, 1.54) is 5.56 Å². The van der Waals surface area contributed by atoms with Gasteiger partial charge in [-0.1, -0.05) is 46.3 Å². The summed E-state index contributed by atoms with van der Waals surface area (Å²) in [4.78, 5) is 8.97. The molecule has 3 rings (SSSR count). The Morgan fingerprint density at radius 1 is 1.05 bits per heavy atom. The summed E-state index contributed by atoms with van der Waals surface area (Å²) in [5.41, 5.74) is 2.18. The van der Waals surface area contributed by atoms with E-state index in [4.69, 9.17) is 0 Å². The first-order valence-electron chi connectivity index (χ1n) is 6.44. The van der Waals surface area contributed by atoms with Crippen LogP contribution in [-0.2, 0) is 6.54 Å². The molecular weight excluding hydrogens is 314 g/mol. The third-order valence-corrected chi connectivity index (χ3v) is 3.57. The Labute approximate surface area is 126 Å². The van der Waals surface area contributed by atoms with Crippen molar-refractivity contribution in [3.8, 4) is 0 Å². The highest BCUT2D eigenvalue weighted by molar-refractivity contribution is 9.10. The fourth-order valence-electron chi connectivity index (χ4n) is 2.13. The third kappa shape index (κ3) is 2.80. The number of aryl methyl sites for hydroxylation is 1. The molecule has 3 aromatic rings. The van der Waals surface area contributed by atoms with E-state index in [1.807, 2.05) is 43.3 Å². The summed E-state index contributed by atoms with van der Waals surface area (Å²) in [7, 11) is 0. The second kappa shape index (κ2) is 5.59. The number of nitrogens with zero attached hydrogens (tertiary/aromatic N) is 2. The summed E-state index contributed by atoms with van der Waals surface area (Å²) in [6.45, 7) is 2.66. The summed E-state index contributed by atoms with van der Waals surface area (Å²) in [5.74, 6) is 1.65. The normalized spacial score (nSPS) is 10.7. The smallest absolute Gasteiger partial charge is 0.137 e. The average molecular weight is 328 g/mol. The van der Waals surface area contributed by atoms with Gasteiger partial charge in [0.1, 0.15) is 11.6 Å². The minimum Gasteiger partial charge on any atom is -0.365 e. The van der Waals surface area contributed by atoms with Crippen LogP contribution in [0.4, 0.5) is 5.82 Å². The molecule has 0 fully saturated rings. The maximum absolute atomic E-state index is 4.51. The van der Waals surface area contributed by atoms with Gasteiger partial charge in [-0.25, -0.2) is 9.97 Å². The zero-order valence-electron chi connectivity index (χ0n) is 11.1. The highest BCUT2D eigenvalue weighted by Crippen LogP contribution is 2.24. The molecule has 1 aromatic heterocycles. The van der Waals surface area contributed by atoms with E-state index in [-0.39, 0.29) is 0 Å². The summed E-state index contributed by atoms with van der Waals surface area (Å²) in [5, 5.41) is 4.43. The zero-order valence-corrected chi connectivity index (χ0v) is 12.7. The van der Waals surface area contributed by atoms with Crippen molar-refractivity contribution in [2.24, 2.45) is 0 Å². The summed E-state index contributed by atoms with van der Waals surface area (Å²) in [6, 6.07) is 16.3. The Bertz CT molecular complexity index is 741. The summed E-state index contributed by atoms with van der Waals surface area (Å²) < 4.78 is 1.03. The molecule has 0 bridgehead atoms. The molecule has 0 aliphatic carbocycles. The number of anilines is 1. The number of hydrogen-bond acceptors (Lipinski definition) is 3. The maximum Gasteiger partial charge on any atom is 0.137 e. The van der Waals surface area contributed by atoms with Gasteiger partial charge >= 0.3 is 0 Å². The Morgan fingerprint density at radius 2 is 1.85 bits per heavy atom. The van der Waals surface area contributed by atoms with Crippen LogP contribution >= 0.6 is 15.9 Å². The molecule has 0 amide bonds. The van der Waals surface area contributed by atoms with Gasteiger partial charge in [0.2, 0.25) is 0 Å². The van der Waals surface area contributed by atoms with Crippen LogP contribution in [0.25, 0.3) is 10.9 Å². The van der Waals surface area contributed by atoms with Gasteiger partial charge < -0.3 is 5.32 Å². The first-order chi connectivity index (χ1) is 9.72. The first kappa shape index (κ1) is 13.1. The Hall–Kier alpha value is -1.94. The van der Waals surface area contributed by atoms with Gasteiger partial charge in [0.05, 0.1) is 5.52 Å². The molecule has 0 unspecified atom stereocenters. The summed E-state index contributed by atoms with van der Waals surface area (Å²) >= 11 is 3.50. The molecule has 20 heavy (non-hydrogen) atoms. The molecule has 0 saturated carbocycles. The van der Waals surface area contributed by atoms with E-state index in [9.17, 15) is 0 Å². The molecule has 0 saturated heterocycles. The fraction of sp³-hybridized carbons (Fsp3) is 0.125. The molecule has 4 heteroatoms. The number of rotatable bonds is 3. The van der Waals surface area contributed by atoms with Gasteiger partial charge in [-0.15, -0.1) is 0 Å². The minimum atomic E-state index is 0.749. The van der Waals surface area contributed by atoms with E-state index in [0.717, 1.165) is 33.6 Å². The molecule has 100 valence electrons. The number of aromatic nitrogens is 2. The van der Waals surface area contributed by atoms with Crippen LogP contribution in [-0.4, -0.2) is 9.97 Å². The van der Waals surface area contributed by atoms with Crippen molar-refractivity contribution in [3.05, 3.63) is 64.4 Å². The quantitative estimate of drug-likeness (QED) is 0.778. The lowest BCUT2D eigenvalue weighted by Crippen LogP contribution is -2.04. The van der Waals surface area contributed by atoms with E-state index in [1.54, 1.807) is 0 Å². The Morgan fingerprint density at radius 3 is 2.65 bits per heavy atom. The minimum absolute atomic E-state index is 0.749. The van der Waals surface area contributed by atoms with Crippen molar-refractivity contribution in [2.75, 3.05) is 5.32 Å². The van der Waals surface area contributed by atoms with E-state index in [0.29, 0.717) is 0 Å². The molecular formula is C16H14BrN3. The highest BCUT2D eigenvalue weighted by atomic mass is 79.9. The predicted molar refractivity (Wildman–Crippen MR) is 85.7 cm³/mol. The Kier molecular flexibility index (Phi) is 3.65. The van der Waals surface area contributed by atoms with E-state index < -0.39 is 0 Å². The lowest BCUT2D eigenvalue weighted by Gasteiger charge is -2.10. The van der Waals surface area contributed by atoms with Gasteiger partial charge in [0, 0.05) is 16.4 Å². The molecule has 2 aromatic carbocycles. The third-order valence-electron chi connectivity index (χ3n) is 3.07. The van der Waals surface area contributed by atoms with Crippen LogP contribution in [0.3, 0.4) is 0 Å². The zero-order chi connectivity index (χ0) is 13.9. The van der Waals surface area contributed by atoms with Crippen molar-refractivity contribution < 1.29 is 0 Å². The van der Waals surface area contributed by atoms with Crippen molar-refractivity contribution in [1.29, 1.82) is 0 Å². The molecule has 3 nitrogen and oxygen atoms in total. The molecule has 0 radical (unpaired) electrons. The number of halogens is 1. The van der Waals surface area contributed by atoms with Crippen molar-refractivity contribution in [3.63, 3.8) is 0 Å². The largest absolute Gasteiger partial charge is 0.365 e. The topological polar surface area (TPSA) is 37.8 Å². The van der Waals surface area contributed by atoms with Gasteiger partial charge in [-0.2, -0.15) is 0 Å². The SMILES string of the molecule is Cc1nc(NCc2ccccc2)c2cc(Br)ccc2n1. The lowest BCUT2D eigenvalue weighted by molar-refractivity contribution is 1.05. The van der Waals surface area contributed by atoms with Crippen molar-refractivity contribution in [1.82, 2.24) is 9.97 Å². The Balaban J connectivity index is 1.96. The predicted octanol–water partition coefficient (Wildman–Crippen LogP) is 4.31. The molecule has 0 atom stereocenters. The number of nitrogens with one attached hydrogen (secondary N) is 1. The van der Waals surface area contributed by atoms with Crippen LogP contribution in [0.2, 0.25) is 0 Å². The van der Waals surface area contributed by atoms with E-state index >= 15 is 0 Å². The van der Waals surface area contributed by atoms with Crippen LogP contribution in [0.15, 0.2) is 53.0 Å². The van der Waals surface area contributed by atoms with Crippen LogP contribution in [0, 0.1) is 6.92 Å². The summed E-state index contributed by atoms with van der Waals surface area (Å²) in [6.07, 6.45) is 0. The maximum atomic E-state index is 4.51. The number of benzene rings is 2. The van der Waals surface area contributed by atoms with Gasteiger partial charge in [0.25, 0.3) is 0 Å². The van der Waals surface area contributed by atoms with Crippen molar-refractivity contribution in [2.45, 2.75) is 13.5 Å². The monoisotopic (exact) mass is 327 g/mol. The average Bonchev–Trinajstić information content (AvgIpc) is 2.46. The molecule has 0 spiro atoms. The fourth-order valence-corrected chi connectivity index (χ4v) is 2.49.